The molecule has 1 aromatic heterocycles. The zero-order valence-electron chi connectivity index (χ0n) is 11.4. The fraction of sp³-hybridized carbons (Fsp3) is 0.533. The van der Waals surface area contributed by atoms with Gasteiger partial charge in [-0.2, -0.15) is 0 Å². The normalized spacial score (nSPS) is 24.9. The highest BCUT2D eigenvalue weighted by molar-refractivity contribution is 5.75. The van der Waals surface area contributed by atoms with Crippen molar-refractivity contribution in [3.05, 3.63) is 30.6 Å². The Kier molecular flexibility index (Phi) is 3.53. The SMILES string of the molecule is CCCN1CCCC(O)C1n1cnc2ccccc21. The molecule has 1 fully saturated rings. The van der Waals surface area contributed by atoms with E-state index >= 15 is 0 Å². The number of likely N-dealkylation sites (tertiary alicyclic amines) is 1. The fourth-order valence-corrected chi connectivity index (χ4v) is 3.11. The lowest BCUT2D eigenvalue weighted by molar-refractivity contribution is -0.0255. The van der Waals surface area contributed by atoms with Crippen molar-refractivity contribution in [2.24, 2.45) is 0 Å². The van der Waals surface area contributed by atoms with Crippen LogP contribution in [-0.2, 0) is 0 Å². The molecule has 0 amide bonds. The van der Waals surface area contributed by atoms with Crippen molar-refractivity contribution in [3.63, 3.8) is 0 Å². The number of nitrogens with zero attached hydrogens (tertiary/aromatic N) is 3. The van der Waals surface area contributed by atoms with Gasteiger partial charge in [0.15, 0.2) is 0 Å². The first-order chi connectivity index (χ1) is 9.31. The van der Waals surface area contributed by atoms with Crippen LogP contribution in [0.3, 0.4) is 0 Å². The Morgan fingerprint density at radius 3 is 3.05 bits per heavy atom. The van der Waals surface area contributed by atoms with Crippen LogP contribution in [0.25, 0.3) is 11.0 Å². The maximum atomic E-state index is 10.4. The number of fused-ring (bicyclic) bond motifs is 1. The fourth-order valence-electron chi connectivity index (χ4n) is 3.11. The van der Waals surface area contributed by atoms with Gasteiger partial charge in [-0.25, -0.2) is 4.98 Å². The predicted octanol–water partition coefficient (Wildman–Crippen LogP) is 2.40. The lowest BCUT2D eigenvalue weighted by Gasteiger charge is -2.39. The first-order valence-electron chi connectivity index (χ1n) is 7.15. The molecule has 3 rings (SSSR count). The number of para-hydroxylation sites is 2. The van der Waals surface area contributed by atoms with Crippen LogP contribution < -0.4 is 0 Å². The largest absolute Gasteiger partial charge is 0.390 e. The molecular weight excluding hydrogens is 238 g/mol. The molecule has 4 nitrogen and oxygen atoms in total. The summed E-state index contributed by atoms with van der Waals surface area (Å²) in [5.41, 5.74) is 2.10. The van der Waals surface area contributed by atoms with Crippen LogP contribution in [0, 0.1) is 0 Å². The van der Waals surface area contributed by atoms with E-state index in [0.717, 1.165) is 43.4 Å². The van der Waals surface area contributed by atoms with Gasteiger partial charge in [0.25, 0.3) is 0 Å². The molecule has 4 heteroatoms. The molecule has 0 aliphatic carbocycles. The van der Waals surface area contributed by atoms with Crippen LogP contribution in [0.2, 0.25) is 0 Å². The van der Waals surface area contributed by atoms with E-state index in [1.165, 1.54) is 0 Å². The van der Waals surface area contributed by atoms with Gasteiger partial charge in [0.2, 0.25) is 0 Å². The molecule has 0 bridgehead atoms. The summed E-state index contributed by atoms with van der Waals surface area (Å²) in [6, 6.07) is 8.12. The third kappa shape index (κ3) is 2.26. The number of aromatic nitrogens is 2. The van der Waals surface area contributed by atoms with Gasteiger partial charge in [0.05, 0.1) is 23.5 Å². The number of hydrogen-bond donors (Lipinski definition) is 1. The molecule has 0 saturated carbocycles. The Bertz CT molecular complexity index is 549. The summed E-state index contributed by atoms with van der Waals surface area (Å²) < 4.78 is 2.13. The minimum Gasteiger partial charge on any atom is -0.390 e. The van der Waals surface area contributed by atoms with E-state index in [9.17, 15) is 5.11 Å². The summed E-state index contributed by atoms with van der Waals surface area (Å²) in [5.74, 6) is 0. The average Bonchev–Trinajstić information content (AvgIpc) is 2.83. The Hall–Kier alpha value is -1.39. The van der Waals surface area contributed by atoms with Gasteiger partial charge in [-0.15, -0.1) is 0 Å². The van der Waals surface area contributed by atoms with Crippen molar-refractivity contribution in [2.75, 3.05) is 13.1 Å². The molecule has 102 valence electrons. The van der Waals surface area contributed by atoms with Crippen LogP contribution in [0.4, 0.5) is 0 Å². The topological polar surface area (TPSA) is 41.3 Å². The third-order valence-corrected chi connectivity index (χ3v) is 3.94. The maximum Gasteiger partial charge on any atom is 0.114 e. The van der Waals surface area contributed by atoms with Gasteiger partial charge < -0.3 is 9.67 Å². The number of hydrogen-bond acceptors (Lipinski definition) is 3. The smallest absolute Gasteiger partial charge is 0.114 e. The Labute approximate surface area is 113 Å². The number of piperidine rings is 1. The molecule has 2 heterocycles. The van der Waals surface area contributed by atoms with Crippen LogP contribution >= 0.6 is 0 Å². The van der Waals surface area contributed by atoms with E-state index in [4.69, 9.17) is 0 Å². The molecule has 1 N–H and O–H groups in total. The van der Waals surface area contributed by atoms with E-state index < -0.39 is 0 Å². The zero-order valence-corrected chi connectivity index (χ0v) is 11.4. The molecule has 19 heavy (non-hydrogen) atoms. The highest BCUT2D eigenvalue weighted by Crippen LogP contribution is 2.29. The number of benzene rings is 1. The zero-order chi connectivity index (χ0) is 13.2. The maximum absolute atomic E-state index is 10.4. The molecule has 1 aromatic carbocycles. The average molecular weight is 259 g/mol. The Morgan fingerprint density at radius 2 is 2.21 bits per heavy atom. The van der Waals surface area contributed by atoms with Gasteiger partial charge >= 0.3 is 0 Å². The number of aliphatic hydroxyl groups excluding tert-OH is 1. The highest BCUT2D eigenvalue weighted by Gasteiger charge is 2.31. The summed E-state index contributed by atoms with van der Waals surface area (Å²) in [7, 11) is 0. The quantitative estimate of drug-likeness (QED) is 0.920. The molecule has 2 unspecified atom stereocenters. The van der Waals surface area contributed by atoms with Crippen LogP contribution in [0.15, 0.2) is 30.6 Å². The molecule has 0 radical (unpaired) electrons. The molecule has 0 spiro atoms. The van der Waals surface area contributed by atoms with Crippen LogP contribution in [0.5, 0.6) is 0 Å². The second-order valence-electron chi connectivity index (χ2n) is 5.30. The molecule has 1 aliphatic rings. The number of rotatable bonds is 3. The van der Waals surface area contributed by atoms with Crippen molar-refractivity contribution in [2.45, 2.75) is 38.5 Å². The summed E-state index contributed by atoms with van der Waals surface area (Å²) in [6.07, 6.45) is 4.64. The minimum absolute atomic E-state index is 0.0288. The summed E-state index contributed by atoms with van der Waals surface area (Å²) in [6.45, 7) is 4.26. The van der Waals surface area contributed by atoms with E-state index in [0.29, 0.717) is 0 Å². The second kappa shape index (κ2) is 5.31. The Balaban J connectivity index is 2.01. The molecule has 1 saturated heterocycles. The summed E-state index contributed by atoms with van der Waals surface area (Å²) in [4.78, 5) is 6.83. The summed E-state index contributed by atoms with van der Waals surface area (Å²) >= 11 is 0. The van der Waals surface area contributed by atoms with E-state index in [1.54, 1.807) is 0 Å². The first-order valence-corrected chi connectivity index (χ1v) is 7.15. The van der Waals surface area contributed by atoms with Crippen molar-refractivity contribution >= 4 is 11.0 Å². The highest BCUT2D eigenvalue weighted by atomic mass is 16.3. The monoisotopic (exact) mass is 259 g/mol. The second-order valence-corrected chi connectivity index (χ2v) is 5.30. The molecule has 2 aromatic rings. The minimum atomic E-state index is -0.307. The van der Waals surface area contributed by atoms with Crippen molar-refractivity contribution in [1.29, 1.82) is 0 Å². The van der Waals surface area contributed by atoms with E-state index in [1.807, 2.05) is 24.5 Å². The van der Waals surface area contributed by atoms with Gasteiger partial charge in [-0.05, 0) is 37.9 Å². The summed E-state index contributed by atoms with van der Waals surface area (Å²) in [5, 5.41) is 10.4. The first kappa shape index (κ1) is 12.6. The van der Waals surface area contributed by atoms with Gasteiger partial charge in [0.1, 0.15) is 6.17 Å². The van der Waals surface area contributed by atoms with Crippen molar-refractivity contribution in [1.82, 2.24) is 14.5 Å². The Morgan fingerprint density at radius 1 is 1.37 bits per heavy atom. The van der Waals surface area contributed by atoms with E-state index in [2.05, 4.69) is 27.4 Å². The molecule has 1 aliphatic heterocycles. The van der Waals surface area contributed by atoms with E-state index in [-0.39, 0.29) is 12.3 Å². The number of imidazole rings is 1. The van der Waals surface area contributed by atoms with Gasteiger partial charge in [0, 0.05) is 6.54 Å². The lowest BCUT2D eigenvalue weighted by Crippen LogP contribution is -2.44. The van der Waals surface area contributed by atoms with Gasteiger partial charge in [-0.3, -0.25) is 4.90 Å². The predicted molar refractivity (Wildman–Crippen MR) is 75.9 cm³/mol. The van der Waals surface area contributed by atoms with Gasteiger partial charge in [-0.1, -0.05) is 19.1 Å². The number of aliphatic hydroxyl groups is 1. The standard InChI is InChI=1S/C15H21N3O/c1-2-9-17-10-5-8-14(19)15(17)18-11-16-12-6-3-4-7-13(12)18/h3-4,6-7,11,14-15,19H,2,5,8-10H2,1H3. The van der Waals surface area contributed by atoms with Crippen LogP contribution in [0.1, 0.15) is 32.4 Å². The van der Waals surface area contributed by atoms with Crippen molar-refractivity contribution in [3.8, 4) is 0 Å². The third-order valence-electron chi connectivity index (χ3n) is 3.94. The van der Waals surface area contributed by atoms with Crippen molar-refractivity contribution < 1.29 is 5.11 Å². The van der Waals surface area contributed by atoms with Crippen LogP contribution in [-0.4, -0.2) is 38.8 Å². The molecule has 2 atom stereocenters. The molecular formula is C15H21N3O. The lowest BCUT2D eigenvalue weighted by atomic mass is 10.0.